The highest BCUT2D eigenvalue weighted by Crippen LogP contribution is 2.35. The fourth-order valence-electron chi connectivity index (χ4n) is 2.71. The first-order valence-electron chi connectivity index (χ1n) is 8.86. The van der Waals surface area contributed by atoms with Gasteiger partial charge >= 0.3 is 7.60 Å². The van der Waals surface area contributed by atoms with Crippen molar-refractivity contribution in [3.8, 4) is 11.5 Å². The summed E-state index contributed by atoms with van der Waals surface area (Å²) in [5, 5.41) is 0. The van der Waals surface area contributed by atoms with Crippen LogP contribution in [0.3, 0.4) is 0 Å². The van der Waals surface area contributed by atoms with Gasteiger partial charge < -0.3 is 24.0 Å². The standard InChI is InChI=1S/C20H28NO6P/c1-15-9-19(27-14-28(22,23)24)10-16(2)20(15)11-17-5-7-18(8-6-17)26-13-25-12-21(3)4/h5-10H,11-14H2,1-4H3,(H2,22,23,24). The Hall–Kier alpha value is -1.89. The van der Waals surface area contributed by atoms with Crippen molar-refractivity contribution in [3.63, 3.8) is 0 Å². The van der Waals surface area contributed by atoms with Crippen LogP contribution in [0.2, 0.25) is 0 Å². The third-order valence-electron chi connectivity index (χ3n) is 4.03. The molecule has 2 rings (SSSR count). The fourth-order valence-corrected chi connectivity index (χ4v) is 3.03. The van der Waals surface area contributed by atoms with Gasteiger partial charge in [0.15, 0.2) is 13.1 Å². The number of benzene rings is 2. The molecular weight excluding hydrogens is 381 g/mol. The number of hydrogen-bond acceptors (Lipinski definition) is 5. The summed E-state index contributed by atoms with van der Waals surface area (Å²) in [5.41, 5.74) is 4.32. The first kappa shape index (κ1) is 22.4. The monoisotopic (exact) mass is 409 g/mol. The summed E-state index contributed by atoms with van der Waals surface area (Å²) in [6, 6.07) is 11.5. The molecule has 0 radical (unpaired) electrons. The van der Waals surface area contributed by atoms with Gasteiger partial charge in [-0.2, -0.15) is 0 Å². The van der Waals surface area contributed by atoms with E-state index < -0.39 is 13.9 Å². The lowest BCUT2D eigenvalue weighted by Gasteiger charge is -2.15. The van der Waals surface area contributed by atoms with E-state index in [2.05, 4.69) is 0 Å². The van der Waals surface area contributed by atoms with E-state index in [0.717, 1.165) is 34.4 Å². The molecule has 0 atom stereocenters. The summed E-state index contributed by atoms with van der Waals surface area (Å²) in [6.45, 7) is 4.63. The molecule has 0 saturated carbocycles. The fraction of sp³-hybridized carbons (Fsp3) is 0.400. The van der Waals surface area contributed by atoms with Crippen molar-refractivity contribution in [1.29, 1.82) is 0 Å². The van der Waals surface area contributed by atoms with Gasteiger partial charge in [-0.05, 0) is 80.9 Å². The van der Waals surface area contributed by atoms with Crippen LogP contribution >= 0.6 is 7.60 Å². The van der Waals surface area contributed by atoms with E-state index in [1.54, 1.807) is 12.1 Å². The largest absolute Gasteiger partial charge is 0.481 e. The Morgan fingerprint density at radius 2 is 1.57 bits per heavy atom. The molecular formula is C20H28NO6P. The van der Waals surface area contributed by atoms with Crippen molar-refractivity contribution in [3.05, 3.63) is 58.7 Å². The predicted molar refractivity (Wildman–Crippen MR) is 108 cm³/mol. The van der Waals surface area contributed by atoms with Crippen LogP contribution in [0, 0.1) is 13.8 Å². The van der Waals surface area contributed by atoms with Gasteiger partial charge in [0.25, 0.3) is 0 Å². The molecule has 0 fully saturated rings. The molecule has 0 amide bonds. The second-order valence-electron chi connectivity index (χ2n) is 6.97. The minimum atomic E-state index is -4.19. The third kappa shape index (κ3) is 7.62. The van der Waals surface area contributed by atoms with Crippen LogP contribution in [0.1, 0.15) is 22.3 Å². The average Bonchev–Trinajstić information content (AvgIpc) is 2.60. The Kier molecular flexibility index (Phi) is 8.04. The normalized spacial score (nSPS) is 11.7. The molecule has 2 aromatic rings. The van der Waals surface area contributed by atoms with Gasteiger partial charge in [0.05, 0.1) is 0 Å². The number of rotatable bonds is 10. The SMILES string of the molecule is Cc1cc(OCP(=O)(O)O)cc(C)c1Cc1ccc(OCOCN(C)C)cc1. The topological polar surface area (TPSA) is 88.5 Å². The predicted octanol–water partition coefficient (Wildman–Crippen LogP) is 3.28. The van der Waals surface area contributed by atoms with Crippen LogP contribution in [0.15, 0.2) is 36.4 Å². The number of ether oxygens (including phenoxy) is 3. The lowest BCUT2D eigenvalue weighted by Crippen LogP contribution is -2.18. The van der Waals surface area contributed by atoms with Crippen molar-refractivity contribution in [2.24, 2.45) is 0 Å². The maximum absolute atomic E-state index is 11.0. The van der Waals surface area contributed by atoms with E-state index in [9.17, 15) is 4.57 Å². The van der Waals surface area contributed by atoms with E-state index in [1.807, 2.05) is 57.1 Å². The summed E-state index contributed by atoms with van der Waals surface area (Å²) in [7, 11) is -0.342. The Labute approximate surface area is 166 Å². The molecule has 0 aromatic heterocycles. The molecule has 0 heterocycles. The minimum absolute atomic E-state index is 0.200. The van der Waals surface area contributed by atoms with Crippen molar-refractivity contribution in [2.45, 2.75) is 20.3 Å². The minimum Gasteiger partial charge on any atom is -0.481 e. The maximum Gasteiger partial charge on any atom is 0.362 e. The Morgan fingerprint density at radius 1 is 0.964 bits per heavy atom. The molecule has 2 aromatic carbocycles. The lowest BCUT2D eigenvalue weighted by atomic mass is 9.96. The number of aryl methyl sites for hydroxylation is 2. The van der Waals surface area contributed by atoms with Gasteiger partial charge in [-0.25, -0.2) is 0 Å². The van der Waals surface area contributed by atoms with Crippen LogP contribution in [-0.2, 0) is 15.7 Å². The van der Waals surface area contributed by atoms with Gasteiger partial charge in [-0.1, -0.05) is 12.1 Å². The molecule has 7 nitrogen and oxygen atoms in total. The van der Waals surface area contributed by atoms with Crippen molar-refractivity contribution >= 4 is 7.60 Å². The maximum atomic E-state index is 11.0. The summed E-state index contributed by atoms with van der Waals surface area (Å²) < 4.78 is 27.1. The van der Waals surface area contributed by atoms with Crippen molar-refractivity contribution in [2.75, 3.05) is 34.0 Å². The van der Waals surface area contributed by atoms with Crippen LogP contribution in [0.5, 0.6) is 11.5 Å². The highest BCUT2D eigenvalue weighted by atomic mass is 31.2. The molecule has 0 aliphatic carbocycles. The zero-order valence-corrected chi connectivity index (χ0v) is 17.6. The van der Waals surface area contributed by atoms with E-state index >= 15 is 0 Å². The highest BCUT2D eigenvalue weighted by molar-refractivity contribution is 7.51. The van der Waals surface area contributed by atoms with Gasteiger partial charge in [0.1, 0.15) is 18.2 Å². The molecule has 0 aliphatic heterocycles. The first-order chi connectivity index (χ1) is 13.1. The molecule has 0 aliphatic rings. The second kappa shape index (κ2) is 10.0. The van der Waals surface area contributed by atoms with Crippen molar-refractivity contribution in [1.82, 2.24) is 4.90 Å². The quantitative estimate of drug-likeness (QED) is 0.354. The van der Waals surface area contributed by atoms with Crippen molar-refractivity contribution < 1.29 is 28.6 Å². The summed E-state index contributed by atoms with van der Waals surface area (Å²) in [4.78, 5) is 19.8. The van der Waals surface area contributed by atoms with Crippen LogP contribution < -0.4 is 9.47 Å². The van der Waals surface area contributed by atoms with E-state index in [4.69, 9.17) is 24.0 Å². The molecule has 154 valence electrons. The van der Waals surface area contributed by atoms with Gasteiger partial charge in [0.2, 0.25) is 0 Å². The van der Waals surface area contributed by atoms with Gasteiger partial charge in [-0.15, -0.1) is 0 Å². The Balaban J connectivity index is 1.98. The molecule has 8 heteroatoms. The lowest BCUT2D eigenvalue weighted by molar-refractivity contribution is -0.0274. The highest BCUT2D eigenvalue weighted by Gasteiger charge is 2.15. The summed E-state index contributed by atoms with van der Waals surface area (Å²) in [5.74, 6) is 1.21. The van der Waals surface area contributed by atoms with Gasteiger partial charge in [0, 0.05) is 0 Å². The number of nitrogens with zero attached hydrogens (tertiary/aromatic N) is 1. The number of hydrogen-bond donors (Lipinski definition) is 2. The van der Waals surface area contributed by atoms with E-state index in [-0.39, 0.29) is 6.79 Å². The van der Waals surface area contributed by atoms with Crippen LogP contribution in [-0.4, -0.2) is 48.7 Å². The van der Waals surface area contributed by atoms with Crippen LogP contribution in [0.4, 0.5) is 0 Å². The van der Waals surface area contributed by atoms with Crippen LogP contribution in [0.25, 0.3) is 0 Å². The Bertz CT molecular complexity index is 793. The summed E-state index contributed by atoms with van der Waals surface area (Å²) in [6.07, 6.45) is 0.124. The zero-order chi connectivity index (χ0) is 20.7. The average molecular weight is 409 g/mol. The molecule has 28 heavy (non-hydrogen) atoms. The molecule has 0 saturated heterocycles. The first-order valence-corrected chi connectivity index (χ1v) is 10.7. The van der Waals surface area contributed by atoms with E-state index in [1.165, 1.54) is 0 Å². The molecule has 0 bridgehead atoms. The molecule has 0 unspecified atom stereocenters. The third-order valence-corrected chi connectivity index (χ3v) is 4.50. The zero-order valence-electron chi connectivity index (χ0n) is 16.7. The van der Waals surface area contributed by atoms with E-state index in [0.29, 0.717) is 12.5 Å². The summed E-state index contributed by atoms with van der Waals surface area (Å²) >= 11 is 0. The second-order valence-corrected chi connectivity index (χ2v) is 8.56. The molecule has 2 N–H and O–H groups in total. The Morgan fingerprint density at radius 3 is 2.11 bits per heavy atom. The smallest absolute Gasteiger partial charge is 0.362 e. The van der Waals surface area contributed by atoms with Gasteiger partial charge in [-0.3, -0.25) is 9.46 Å². The molecule has 0 spiro atoms.